The molecule has 3 nitrogen and oxygen atoms in total. The van der Waals surface area contributed by atoms with Crippen molar-refractivity contribution in [3.8, 4) is 6.07 Å². The van der Waals surface area contributed by atoms with Crippen LogP contribution in [0.3, 0.4) is 0 Å². The minimum absolute atomic E-state index is 0.0416. The fraction of sp³-hybridized carbons (Fsp3) is 0.600. The monoisotopic (exact) mass is 246 g/mol. The molecule has 0 radical (unpaired) electrons. The van der Waals surface area contributed by atoms with Crippen molar-refractivity contribution in [3.05, 3.63) is 33.2 Å². The standard InChI is InChI=1S/C15H22N2O/c1-3-4-5-6-7-8-9-13-10-14(11-16)12(2)17-15(13)18/h10H,3-9H2,1-2H3,(H,17,18). The summed E-state index contributed by atoms with van der Waals surface area (Å²) in [5, 5.41) is 8.93. The third-order valence-electron chi connectivity index (χ3n) is 3.24. The van der Waals surface area contributed by atoms with E-state index in [0.29, 0.717) is 11.3 Å². The van der Waals surface area contributed by atoms with E-state index in [4.69, 9.17) is 5.26 Å². The van der Waals surface area contributed by atoms with Gasteiger partial charge in [0.05, 0.1) is 5.56 Å². The number of nitrogens with zero attached hydrogens (tertiary/aromatic N) is 1. The third-order valence-corrected chi connectivity index (χ3v) is 3.24. The molecule has 0 aliphatic carbocycles. The lowest BCUT2D eigenvalue weighted by atomic mass is 10.0. The Bertz CT molecular complexity index is 468. The summed E-state index contributed by atoms with van der Waals surface area (Å²) in [4.78, 5) is 14.5. The van der Waals surface area contributed by atoms with Crippen LogP contribution in [-0.4, -0.2) is 4.98 Å². The zero-order valence-corrected chi connectivity index (χ0v) is 11.4. The van der Waals surface area contributed by atoms with Gasteiger partial charge >= 0.3 is 0 Å². The molecule has 0 saturated heterocycles. The Morgan fingerprint density at radius 3 is 2.56 bits per heavy atom. The Kier molecular flexibility index (Phi) is 6.21. The van der Waals surface area contributed by atoms with Gasteiger partial charge in [-0.15, -0.1) is 0 Å². The molecule has 1 N–H and O–H groups in total. The molecule has 3 heteroatoms. The summed E-state index contributed by atoms with van der Waals surface area (Å²) in [6.07, 6.45) is 8.03. The largest absolute Gasteiger partial charge is 0.325 e. The molecular formula is C15H22N2O. The fourth-order valence-electron chi connectivity index (χ4n) is 2.06. The molecule has 0 atom stereocenters. The first kappa shape index (κ1) is 14.5. The van der Waals surface area contributed by atoms with E-state index in [1.165, 1.54) is 25.7 Å². The number of nitriles is 1. The minimum atomic E-state index is -0.0416. The molecule has 0 unspecified atom stereocenters. The maximum atomic E-state index is 11.7. The Labute approximate surface area is 109 Å². The van der Waals surface area contributed by atoms with Crippen LogP contribution < -0.4 is 5.56 Å². The van der Waals surface area contributed by atoms with Gasteiger partial charge in [-0.05, 0) is 25.8 Å². The molecule has 1 rings (SSSR count). The number of nitrogens with one attached hydrogen (secondary N) is 1. The number of aromatic amines is 1. The SMILES string of the molecule is CCCCCCCCc1cc(C#N)c(C)[nH]c1=O. The number of unbranched alkanes of at least 4 members (excludes halogenated alkanes) is 5. The Balaban J connectivity index is 2.48. The zero-order chi connectivity index (χ0) is 13.4. The highest BCUT2D eigenvalue weighted by atomic mass is 16.1. The van der Waals surface area contributed by atoms with Gasteiger partial charge in [-0.1, -0.05) is 39.0 Å². The van der Waals surface area contributed by atoms with Gasteiger partial charge in [0.1, 0.15) is 6.07 Å². The van der Waals surface area contributed by atoms with Crippen molar-refractivity contribution in [1.82, 2.24) is 4.98 Å². The van der Waals surface area contributed by atoms with Gasteiger partial charge in [-0.25, -0.2) is 0 Å². The molecule has 0 saturated carbocycles. The van der Waals surface area contributed by atoms with Crippen LogP contribution in [-0.2, 0) is 6.42 Å². The van der Waals surface area contributed by atoms with E-state index in [9.17, 15) is 4.79 Å². The number of H-pyrrole nitrogens is 1. The number of hydrogen-bond donors (Lipinski definition) is 1. The molecule has 18 heavy (non-hydrogen) atoms. The van der Waals surface area contributed by atoms with Gasteiger partial charge in [-0.3, -0.25) is 4.79 Å². The molecule has 1 aromatic rings. The zero-order valence-electron chi connectivity index (χ0n) is 11.4. The van der Waals surface area contributed by atoms with Crippen molar-refractivity contribution in [2.24, 2.45) is 0 Å². The van der Waals surface area contributed by atoms with Crippen LogP contribution in [0.2, 0.25) is 0 Å². The molecule has 0 amide bonds. The summed E-state index contributed by atoms with van der Waals surface area (Å²) >= 11 is 0. The number of aryl methyl sites for hydroxylation is 2. The van der Waals surface area contributed by atoms with Crippen LogP contribution in [0.4, 0.5) is 0 Å². The smallest absolute Gasteiger partial charge is 0.251 e. The van der Waals surface area contributed by atoms with Crippen LogP contribution in [0.1, 0.15) is 62.3 Å². The first-order valence-corrected chi connectivity index (χ1v) is 6.82. The molecule has 98 valence electrons. The second-order valence-electron chi connectivity index (χ2n) is 4.79. The maximum Gasteiger partial charge on any atom is 0.251 e. The highest BCUT2D eigenvalue weighted by molar-refractivity contribution is 5.35. The van der Waals surface area contributed by atoms with Crippen LogP contribution in [0, 0.1) is 18.3 Å². The van der Waals surface area contributed by atoms with Gasteiger partial charge in [0.15, 0.2) is 0 Å². The first-order chi connectivity index (χ1) is 8.69. The van der Waals surface area contributed by atoms with E-state index in [1.54, 1.807) is 13.0 Å². The van der Waals surface area contributed by atoms with Gasteiger partial charge < -0.3 is 4.98 Å². The summed E-state index contributed by atoms with van der Waals surface area (Å²) in [6.45, 7) is 3.96. The van der Waals surface area contributed by atoms with Crippen molar-refractivity contribution in [1.29, 1.82) is 5.26 Å². The van der Waals surface area contributed by atoms with E-state index in [-0.39, 0.29) is 5.56 Å². The van der Waals surface area contributed by atoms with Crippen LogP contribution in [0.5, 0.6) is 0 Å². The lowest BCUT2D eigenvalue weighted by molar-refractivity contribution is 0.606. The van der Waals surface area contributed by atoms with E-state index < -0.39 is 0 Å². The molecule has 0 aromatic carbocycles. The van der Waals surface area contributed by atoms with Gasteiger partial charge in [-0.2, -0.15) is 5.26 Å². The summed E-state index contributed by atoms with van der Waals surface area (Å²) in [7, 11) is 0. The van der Waals surface area contributed by atoms with E-state index in [1.807, 2.05) is 0 Å². The molecular weight excluding hydrogens is 224 g/mol. The topological polar surface area (TPSA) is 56.6 Å². The van der Waals surface area contributed by atoms with E-state index >= 15 is 0 Å². The molecule has 0 aliphatic rings. The molecule has 0 fully saturated rings. The second-order valence-corrected chi connectivity index (χ2v) is 4.79. The predicted molar refractivity (Wildman–Crippen MR) is 73.6 cm³/mol. The Hall–Kier alpha value is -1.56. The minimum Gasteiger partial charge on any atom is -0.325 e. The van der Waals surface area contributed by atoms with Crippen LogP contribution in [0.15, 0.2) is 10.9 Å². The fourth-order valence-corrected chi connectivity index (χ4v) is 2.06. The van der Waals surface area contributed by atoms with Crippen molar-refractivity contribution in [2.75, 3.05) is 0 Å². The predicted octanol–water partition coefficient (Wildman–Crippen LogP) is 3.46. The maximum absolute atomic E-state index is 11.7. The average Bonchev–Trinajstić information content (AvgIpc) is 2.36. The van der Waals surface area contributed by atoms with E-state index in [0.717, 1.165) is 24.8 Å². The molecule has 1 aromatic heterocycles. The van der Waals surface area contributed by atoms with Gasteiger partial charge in [0.25, 0.3) is 5.56 Å². The highest BCUT2D eigenvalue weighted by Crippen LogP contribution is 2.09. The average molecular weight is 246 g/mol. The summed E-state index contributed by atoms with van der Waals surface area (Å²) in [5.41, 5.74) is 1.94. The quantitative estimate of drug-likeness (QED) is 0.749. The van der Waals surface area contributed by atoms with Gasteiger partial charge in [0, 0.05) is 11.3 Å². The molecule has 0 spiro atoms. The highest BCUT2D eigenvalue weighted by Gasteiger charge is 2.05. The second kappa shape index (κ2) is 7.71. The van der Waals surface area contributed by atoms with Crippen molar-refractivity contribution in [2.45, 2.75) is 58.8 Å². The summed E-state index contributed by atoms with van der Waals surface area (Å²) in [6, 6.07) is 3.85. The number of pyridine rings is 1. The van der Waals surface area contributed by atoms with Crippen molar-refractivity contribution >= 4 is 0 Å². The molecule has 0 bridgehead atoms. The number of hydrogen-bond acceptors (Lipinski definition) is 2. The third kappa shape index (κ3) is 4.37. The summed E-state index contributed by atoms with van der Waals surface area (Å²) < 4.78 is 0. The van der Waals surface area contributed by atoms with Crippen LogP contribution >= 0.6 is 0 Å². The molecule has 0 aliphatic heterocycles. The number of aromatic nitrogens is 1. The van der Waals surface area contributed by atoms with Crippen molar-refractivity contribution in [3.63, 3.8) is 0 Å². The van der Waals surface area contributed by atoms with Crippen LogP contribution in [0.25, 0.3) is 0 Å². The molecule has 1 heterocycles. The van der Waals surface area contributed by atoms with E-state index in [2.05, 4.69) is 18.0 Å². The number of rotatable bonds is 7. The first-order valence-electron chi connectivity index (χ1n) is 6.82. The van der Waals surface area contributed by atoms with Crippen molar-refractivity contribution < 1.29 is 0 Å². The Morgan fingerprint density at radius 1 is 1.22 bits per heavy atom. The lowest BCUT2D eigenvalue weighted by Gasteiger charge is -2.03. The van der Waals surface area contributed by atoms with Gasteiger partial charge in [0.2, 0.25) is 0 Å². The lowest BCUT2D eigenvalue weighted by Crippen LogP contribution is -2.14. The Morgan fingerprint density at radius 2 is 1.89 bits per heavy atom. The normalized spacial score (nSPS) is 10.3. The summed E-state index contributed by atoms with van der Waals surface area (Å²) in [5.74, 6) is 0.